The van der Waals surface area contributed by atoms with Crippen molar-refractivity contribution in [3.05, 3.63) is 61.4 Å². The summed E-state index contributed by atoms with van der Waals surface area (Å²) in [6.45, 7) is 0. The van der Waals surface area contributed by atoms with Crippen LogP contribution in [0.15, 0.2) is 40.7 Å². The van der Waals surface area contributed by atoms with E-state index < -0.39 is 10.8 Å². The van der Waals surface area contributed by atoms with Gasteiger partial charge in [-0.15, -0.1) is 0 Å². The third-order valence-electron chi connectivity index (χ3n) is 5.29. The largest absolute Gasteiger partial charge is 0.362 e. The number of carbonyl (C=O) groups is 2. The third kappa shape index (κ3) is 2.65. The van der Waals surface area contributed by atoms with Crippen molar-refractivity contribution in [2.75, 3.05) is 0 Å². The smallest absolute Gasteiger partial charge is 0.288 e. The number of nitrogens with zero attached hydrogens (tertiary/aromatic N) is 1. The first kappa shape index (κ1) is 17.0. The van der Waals surface area contributed by atoms with Gasteiger partial charge in [0.1, 0.15) is 5.02 Å². The normalized spacial score (nSPS) is 20.7. The van der Waals surface area contributed by atoms with Crippen LogP contribution in [0, 0.1) is 10.1 Å². The minimum Gasteiger partial charge on any atom is -0.362 e. The number of dihydropyridines is 1. The molecule has 1 aromatic carbocycles. The number of nitrogens with one attached hydrogen (secondary N) is 1. The highest BCUT2D eigenvalue weighted by Crippen LogP contribution is 2.46. The average molecular weight is 373 g/mol. The number of Topliss-reactive ketones (excluding diaryl/α,β-unsaturated/α-hetero) is 2. The monoisotopic (exact) mass is 372 g/mol. The second kappa shape index (κ2) is 6.36. The lowest BCUT2D eigenvalue weighted by molar-refractivity contribution is -0.384. The standard InChI is InChI=1S/C19H17ClN2O4/c20-11-8-7-10(9-14(11)22(25)26)17-18-12(3-1-5-15(18)23)21-13-4-2-6-16(24)19(13)17/h7-9,17,21H,1-6H2. The van der Waals surface area contributed by atoms with Crippen molar-refractivity contribution in [3.8, 4) is 0 Å². The molecule has 134 valence electrons. The molecular formula is C19H17ClN2O4. The number of ketones is 2. The topological polar surface area (TPSA) is 89.3 Å². The van der Waals surface area contributed by atoms with Gasteiger partial charge in [0.2, 0.25) is 0 Å². The molecule has 1 N–H and O–H groups in total. The van der Waals surface area contributed by atoms with Gasteiger partial charge in [-0.05, 0) is 37.3 Å². The Balaban J connectivity index is 1.93. The number of nitro benzene ring substituents is 1. The van der Waals surface area contributed by atoms with Gasteiger partial charge in [-0.3, -0.25) is 19.7 Å². The highest BCUT2D eigenvalue weighted by Gasteiger charge is 2.40. The number of rotatable bonds is 2. The maximum absolute atomic E-state index is 12.7. The average Bonchev–Trinajstić information content (AvgIpc) is 2.61. The second-order valence-electron chi connectivity index (χ2n) is 6.86. The van der Waals surface area contributed by atoms with Gasteiger partial charge < -0.3 is 5.32 Å². The molecule has 3 aliphatic rings. The lowest BCUT2D eigenvalue weighted by atomic mass is 9.71. The van der Waals surface area contributed by atoms with E-state index in [2.05, 4.69) is 5.32 Å². The van der Waals surface area contributed by atoms with E-state index in [4.69, 9.17) is 11.6 Å². The molecule has 1 aromatic rings. The maximum Gasteiger partial charge on any atom is 0.288 e. The number of hydrogen-bond acceptors (Lipinski definition) is 5. The van der Waals surface area contributed by atoms with Gasteiger partial charge in [0.05, 0.1) is 4.92 Å². The molecule has 6 nitrogen and oxygen atoms in total. The second-order valence-corrected chi connectivity index (χ2v) is 7.27. The zero-order chi connectivity index (χ0) is 18.4. The summed E-state index contributed by atoms with van der Waals surface area (Å²) in [6.07, 6.45) is 3.91. The van der Waals surface area contributed by atoms with Gasteiger partial charge in [0.25, 0.3) is 5.69 Å². The quantitative estimate of drug-likeness (QED) is 0.627. The maximum atomic E-state index is 12.7. The fourth-order valence-electron chi connectivity index (χ4n) is 4.17. The van der Waals surface area contributed by atoms with E-state index in [0.29, 0.717) is 29.6 Å². The van der Waals surface area contributed by atoms with Crippen LogP contribution >= 0.6 is 11.6 Å². The van der Waals surface area contributed by atoms with Crippen LogP contribution in [0.3, 0.4) is 0 Å². The van der Waals surface area contributed by atoms with Gasteiger partial charge in [-0.1, -0.05) is 17.7 Å². The molecule has 0 aromatic heterocycles. The molecule has 7 heteroatoms. The first-order valence-corrected chi connectivity index (χ1v) is 9.08. The van der Waals surface area contributed by atoms with E-state index in [0.717, 1.165) is 37.1 Å². The fourth-order valence-corrected chi connectivity index (χ4v) is 4.35. The molecule has 1 heterocycles. The van der Waals surface area contributed by atoms with Crippen LogP contribution in [0.1, 0.15) is 50.0 Å². The summed E-state index contributed by atoms with van der Waals surface area (Å²) in [5.41, 5.74) is 3.25. The number of hydrogen-bond donors (Lipinski definition) is 1. The summed E-state index contributed by atoms with van der Waals surface area (Å²) in [5.74, 6) is -0.532. The Hall–Kier alpha value is -2.47. The van der Waals surface area contributed by atoms with Gasteiger partial charge in [-0.25, -0.2) is 0 Å². The van der Waals surface area contributed by atoms with E-state index >= 15 is 0 Å². The SMILES string of the molecule is O=C1CCCC2=C1C(c1ccc(Cl)c([N+](=O)[O-])c1)C1=C(CCCC1=O)N2. The van der Waals surface area contributed by atoms with E-state index in [-0.39, 0.29) is 22.3 Å². The van der Waals surface area contributed by atoms with Crippen molar-refractivity contribution >= 4 is 28.9 Å². The molecule has 0 saturated heterocycles. The van der Waals surface area contributed by atoms with Crippen molar-refractivity contribution in [1.82, 2.24) is 5.32 Å². The van der Waals surface area contributed by atoms with Crippen molar-refractivity contribution in [2.24, 2.45) is 0 Å². The van der Waals surface area contributed by atoms with Crippen LogP contribution in [0.25, 0.3) is 0 Å². The zero-order valence-corrected chi connectivity index (χ0v) is 14.8. The molecule has 0 amide bonds. The predicted molar refractivity (Wildman–Crippen MR) is 95.8 cm³/mol. The summed E-state index contributed by atoms with van der Waals surface area (Å²) in [4.78, 5) is 36.1. The Kier molecular flexibility index (Phi) is 4.15. The molecule has 2 aliphatic carbocycles. The Morgan fingerprint density at radius 3 is 2.12 bits per heavy atom. The van der Waals surface area contributed by atoms with Gasteiger partial charge in [0, 0.05) is 47.4 Å². The van der Waals surface area contributed by atoms with E-state index in [9.17, 15) is 19.7 Å². The third-order valence-corrected chi connectivity index (χ3v) is 5.61. The number of carbonyl (C=O) groups excluding carboxylic acids is 2. The first-order valence-electron chi connectivity index (χ1n) is 8.70. The minimum absolute atomic E-state index is 0.00581. The zero-order valence-electron chi connectivity index (χ0n) is 14.0. The first-order chi connectivity index (χ1) is 12.5. The molecule has 0 spiro atoms. The van der Waals surface area contributed by atoms with Gasteiger partial charge in [-0.2, -0.15) is 0 Å². The minimum atomic E-state index is -0.544. The highest BCUT2D eigenvalue weighted by atomic mass is 35.5. The van der Waals surface area contributed by atoms with Gasteiger partial charge >= 0.3 is 0 Å². The molecule has 4 rings (SSSR count). The molecule has 0 radical (unpaired) electrons. The number of nitro groups is 1. The van der Waals surface area contributed by atoms with Crippen LogP contribution in [-0.2, 0) is 9.59 Å². The molecule has 26 heavy (non-hydrogen) atoms. The predicted octanol–water partition coefficient (Wildman–Crippen LogP) is 3.95. The summed E-state index contributed by atoms with van der Waals surface area (Å²) in [7, 11) is 0. The molecule has 0 bridgehead atoms. The number of benzene rings is 1. The van der Waals surface area contributed by atoms with Crippen LogP contribution < -0.4 is 5.32 Å². The van der Waals surface area contributed by atoms with Crippen LogP contribution in [0.2, 0.25) is 5.02 Å². The van der Waals surface area contributed by atoms with Crippen LogP contribution in [0.5, 0.6) is 0 Å². The van der Waals surface area contributed by atoms with Crippen LogP contribution in [-0.4, -0.2) is 16.5 Å². The van der Waals surface area contributed by atoms with Crippen molar-refractivity contribution in [2.45, 2.75) is 44.4 Å². The Morgan fingerprint density at radius 1 is 1.00 bits per heavy atom. The molecular weight excluding hydrogens is 356 g/mol. The number of allylic oxidation sites excluding steroid dienone is 4. The molecule has 0 atom stereocenters. The van der Waals surface area contributed by atoms with Gasteiger partial charge in [0.15, 0.2) is 11.6 Å². The highest BCUT2D eigenvalue weighted by molar-refractivity contribution is 6.32. The summed E-state index contributed by atoms with van der Waals surface area (Å²) < 4.78 is 0. The Bertz CT molecular complexity index is 874. The fraction of sp³-hybridized carbons (Fsp3) is 0.368. The Morgan fingerprint density at radius 2 is 1.58 bits per heavy atom. The number of halogens is 1. The lowest BCUT2D eigenvalue weighted by Crippen LogP contribution is -2.36. The van der Waals surface area contributed by atoms with Crippen molar-refractivity contribution < 1.29 is 14.5 Å². The summed E-state index contributed by atoms with van der Waals surface area (Å²) in [5, 5.41) is 14.7. The van der Waals surface area contributed by atoms with Crippen molar-refractivity contribution in [3.63, 3.8) is 0 Å². The Labute approximate surface area is 155 Å². The van der Waals surface area contributed by atoms with E-state index in [1.807, 2.05) is 0 Å². The summed E-state index contributed by atoms with van der Waals surface area (Å²) >= 11 is 5.95. The van der Waals surface area contributed by atoms with Crippen LogP contribution in [0.4, 0.5) is 5.69 Å². The molecule has 0 fully saturated rings. The summed E-state index contributed by atoms with van der Waals surface area (Å²) in [6, 6.07) is 4.56. The van der Waals surface area contributed by atoms with E-state index in [1.54, 1.807) is 6.07 Å². The molecule has 0 unspecified atom stereocenters. The molecule has 1 aliphatic heterocycles. The van der Waals surface area contributed by atoms with E-state index in [1.165, 1.54) is 12.1 Å². The molecule has 0 saturated carbocycles. The lowest BCUT2D eigenvalue weighted by Gasteiger charge is -2.37. The van der Waals surface area contributed by atoms with Crippen molar-refractivity contribution in [1.29, 1.82) is 0 Å².